The van der Waals surface area contributed by atoms with Gasteiger partial charge in [-0.05, 0) is 35.9 Å². The highest BCUT2D eigenvalue weighted by Crippen LogP contribution is 2.22. The number of nitrogens with zero attached hydrogens (tertiary/aromatic N) is 1. The lowest BCUT2D eigenvalue weighted by molar-refractivity contribution is 0.0955. The summed E-state index contributed by atoms with van der Waals surface area (Å²) in [7, 11) is 0. The number of nitrogens with one attached hydrogen (secondary N) is 1. The normalized spacial score (nSPS) is 10.8. The Morgan fingerprint density at radius 1 is 1.15 bits per heavy atom. The number of benzene rings is 2. The molecule has 0 aliphatic rings. The first kappa shape index (κ1) is 14.5. The first-order valence-electron chi connectivity index (χ1n) is 5.60. The van der Waals surface area contributed by atoms with E-state index in [0.717, 1.165) is 0 Å². The molecule has 2 aromatic rings. The van der Waals surface area contributed by atoms with Gasteiger partial charge in [0.2, 0.25) is 0 Å². The average Bonchev–Trinajstić information content (AvgIpc) is 2.42. The van der Waals surface area contributed by atoms with Crippen LogP contribution in [0.15, 0.2) is 47.6 Å². The summed E-state index contributed by atoms with van der Waals surface area (Å²) >= 11 is 11.6. The third-order valence-corrected chi connectivity index (χ3v) is 3.15. The standard InChI is InChI=1S/C14H9Cl2FN2O/c15-12-5-4-10(7-13(12)16)14(20)19-18-8-9-2-1-3-11(17)6-9/h1-8H,(H,19,20)/b18-8-. The molecule has 1 amide bonds. The summed E-state index contributed by atoms with van der Waals surface area (Å²) in [5.41, 5.74) is 3.19. The van der Waals surface area contributed by atoms with Crippen LogP contribution in [-0.4, -0.2) is 12.1 Å². The van der Waals surface area contributed by atoms with Crippen molar-refractivity contribution in [3.05, 3.63) is 69.5 Å². The first-order chi connectivity index (χ1) is 9.56. The van der Waals surface area contributed by atoms with Crippen molar-refractivity contribution < 1.29 is 9.18 Å². The van der Waals surface area contributed by atoms with E-state index in [4.69, 9.17) is 23.2 Å². The maximum atomic E-state index is 12.9. The zero-order valence-electron chi connectivity index (χ0n) is 10.1. The van der Waals surface area contributed by atoms with Gasteiger partial charge in [0, 0.05) is 5.56 Å². The van der Waals surface area contributed by atoms with Crippen LogP contribution >= 0.6 is 23.2 Å². The molecule has 0 heterocycles. The minimum absolute atomic E-state index is 0.286. The van der Waals surface area contributed by atoms with E-state index in [9.17, 15) is 9.18 Å². The third kappa shape index (κ3) is 3.79. The SMILES string of the molecule is O=C(N/N=C\c1cccc(F)c1)c1ccc(Cl)c(Cl)c1. The van der Waals surface area contributed by atoms with Gasteiger partial charge in [-0.25, -0.2) is 9.82 Å². The van der Waals surface area contributed by atoms with Gasteiger partial charge in [-0.3, -0.25) is 4.79 Å². The zero-order valence-corrected chi connectivity index (χ0v) is 11.6. The molecule has 20 heavy (non-hydrogen) atoms. The lowest BCUT2D eigenvalue weighted by Gasteiger charge is -2.01. The second-order valence-electron chi connectivity index (χ2n) is 3.88. The van der Waals surface area contributed by atoms with E-state index in [1.165, 1.54) is 36.5 Å². The van der Waals surface area contributed by atoms with Crippen LogP contribution in [0.1, 0.15) is 15.9 Å². The average molecular weight is 311 g/mol. The van der Waals surface area contributed by atoms with E-state index in [-0.39, 0.29) is 10.8 Å². The molecule has 0 spiro atoms. The molecule has 0 aliphatic heterocycles. The first-order valence-corrected chi connectivity index (χ1v) is 6.36. The molecule has 6 heteroatoms. The van der Waals surface area contributed by atoms with E-state index in [0.29, 0.717) is 16.1 Å². The molecule has 0 radical (unpaired) electrons. The molecule has 0 bridgehead atoms. The second kappa shape index (κ2) is 6.50. The molecule has 0 saturated carbocycles. The highest BCUT2D eigenvalue weighted by Gasteiger charge is 2.06. The van der Waals surface area contributed by atoms with E-state index < -0.39 is 5.91 Å². The summed E-state index contributed by atoms with van der Waals surface area (Å²) in [5.74, 6) is -0.805. The van der Waals surface area contributed by atoms with Gasteiger partial charge in [0.05, 0.1) is 16.3 Å². The number of hydrazone groups is 1. The molecular formula is C14H9Cl2FN2O. The van der Waals surface area contributed by atoms with Crippen LogP contribution in [0.3, 0.4) is 0 Å². The zero-order chi connectivity index (χ0) is 14.5. The van der Waals surface area contributed by atoms with E-state index in [1.54, 1.807) is 12.1 Å². The molecule has 0 atom stereocenters. The van der Waals surface area contributed by atoms with Crippen LogP contribution in [0.4, 0.5) is 4.39 Å². The monoisotopic (exact) mass is 310 g/mol. The van der Waals surface area contributed by atoms with Gasteiger partial charge in [-0.15, -0.1) is 0 Å². The summed E-state index contributed by atoms with van der Waals surface area (Å²) in [6, 6.07) is 10.3. The van der Waals surface area contributed by atoms with Crippen molar-refractivity contribution >= 4 is 35.3 Å². The molecule has 0 fully saturated rings. The fourth-order valence-corrected chi connectivity index (χ4v) is 1.75. The fraction of sp³-hybridized carbons (Fsp3) is 0. The van der Waals surface area contributed by atoms with Crippen molar-refractivity contribution in [3.63, 3.8) is 0 Å². The van der Waals surface area contributed by atoms with E-state index in [1.807, 2.05) is 0 Å². The Morgan fingerprint density at radius 3 is 2.65 bits per heavy atom. The number of halogens is 3. The second-order valence-corrected chi connectivity index (χ2v) is 4.70. The minimum atomic E-state index is -0.434. The number of carbonyl (C=O) groups excluding carboxylic acids is 1. The highest BCUT2D eigenvalue weighted by molar-refractivity contribution is 6.42. The van der Waals surface area contributed by atoms with Gasteiger partial charge in [0.25, 0.3) is 5.91 Å². The quantitative estimate of drug-likeness (QED) is 0.678. The Hall–Kier alpha value is -1.91. The molecule has 0 aromatic heterocycles. The van der Waals surface area contributed by atoms with Crippen LogP contribution in [0, 0.1) is 5.82 Å². The van der Waals surface area contributed by atoms with Crippen molar-refractivity contribution in [3.8, 4) is 0 Å². The number of carbonyl (C=O) groups is 1. The van der Waals surface area contributed by atoms with Crippen molar-refractivity contribution in [2.75, 3.05) is 0 Å². The maximum Gasteiger partial charge on any atom is 0.271 e. The van der Waals surface area contributed by atoms with E-state index >= 15 is 0 Å². The largest absolute Gasteiger partial charge is 0.271 e. The molecular weight excluding hydrogens is 302 g/mol. The van der Waals surface area contributed by atoms with Gasteiger partial charge in [-0.2, -0.15) is 5.10 Å². The fourth-order valence-electron chi connectivity index (χ4n) is 1.45. The molecule has 2 rings (SSSR count). The number of amides is 1. The lowest BCUT2D eigenvalue weighted by Crippen LogP contribution is -2.17. The Bertz CT molecular complexity index is 674. The van der Waals surface area contributed by atoms with Crippen molar-refractivity contribution in [2.24, 2.45) is 5.10 Å². The van der Waals surface area contributed by atoms with Crippen molar-refractivity contribution in [1.82, 2.24) is 5.43 Å². The lowest BCUT2D eigenvalue weighted by atomic mass is 10.2. The van der Waals surface area contributed by atoms with Crippen LogP contribution in [0.25, 0.3) is 0 Å². The van der Waals surface area contributed by atoms with Crippen molar-refractivity contribution in [1.29, 1.82) is 0 Å². The molecule has 0 aliphatic carbocycles. The molecule has 3 nitrogen and oxygen atoms in total. The topological polar surface area (TPSA) is 41.5 Å². The number of hydrogen-bond donors (Lipinski definition) is 1. The van der Waals surface area contributed by atoms with Crippen LogP contribution in [0.5, 0.6) is 0 Å². The van der Waals surface area contributed by atoms with E-state index in [2.05, 4.69) is 10.5 Å². The van der Waals surface area contributed by atoms with Crippen LogP contribution < -0.4 is 5.43 Å². The van der Waals surface area contributed by atoms with Gasteiger partial charge in [-0.1, -0.05) is 35.3 Å². The molecule has 0 unspecified atom stereocenters. The van der Waals surface area contributed by atoms with Gasteiger partial charge in [0.1, 0.15) is 5.82 Å². The van der Waals surface area contributed by atoms with Gasteiger partial charge in [0.15, 0.2) is 0 Å². The predicted octanol–water partition coefficient (Wildman–Crippen LogP) is 3.90. The van der Waals surface area contributed by atoms with Crippen LogP contribution in [0.2, 0.25) is 10.0 Å². The Labute approximate surface area is 125 Å². The number of rotatable bonds is 3. The molecule has 2 aromatic carbocycles. The Kier molecular flexibility index (Phi) is 4.71. The molecule has 102 valence electrons. The smallest absolute Gasteiger partial charge is 0.267 e. The van der Waals surface area contributed by atoms with Gasteiger partial charge < -0.3 is 0 Å². The predicted molar refractivity (Wildman–Crippen MR) is 77.9 cm³/mol. The minimum Gasteiger partial charge on any atom is -0.267 e. The molecule has 0 saturated heterocycles. The van der Waals surface area contributed by atoms with Gasteiger partial charge >= 0.3 is 0 Å². The summed E-state index contributed by atoms with van der Waals surface area (Å²) in [4.78, 5) is 11.8. The summed E-state index contributed by atoms with van der Waals surface area (Å²) in [6.07, 6.45) is 1.35. The Morgan fingerprint density at radius 2 is 1.95 bits per heavy atom. The Balaban J connectivity index is 2.03. The number of hydrogen-bond acceptors (Lipinski definition) is 2. The molecule has 1 N–H and O–H groups in total. The third-order valence-electron chi connectivity index (χ3n) is 2.41. The summed E-state index contributed by atoms with van der Waals surface area (Å²) in [5, 5.41) is 4.40. The van der Waals surface area contributed by atoms with Crippen molar-refractivity contribution in [2.45, 2.75) is 0 Å². The summed E-state index contributed by atoms with van der Waals surface area (Å²) < 4.78 is 12.9. The highest BCUT2D eigenvalue weighted by atomic mass is 35.5. The maximum absolute atomic E-state index is 12.9. The summed E-state index contributed by atoms with van der Waals surface area (Å²) in [6.45, 7) is 0. The van der Waals surface area contributed by atoms with Crippen LogP contribution in [-0.2, 0) is 0 Å².